The highest BCUT2D eigenvalue weighted by molar-refractivity contribution is 5.99. The molecule has 98 valence electrons. The van der Waals surface area contributed by atoms with Gasteiger partial charge in [-0.1, -0.05) is 19.1 Å². The van der Waals surface area contributed by atoms with E-state index in [2.05, 4.69) is 12.2 Å². The van der Waals surface area contributed by atoms with Gasteiger partial charge in [-0.2, -0.15) is 0 Å². The first-order valence-corrected chi connectivity index (χ1v) is 6.50. The average molecular weight is 248 g/mol. The van der Waals surface area contributed by atoms with Gasteiger partial charge in [0.2, 0.25) is 5.91 Å². The predicted octanol–water partition coefficient (Wildman–Crippen LogP) is 1.28. The van der Waals surface area contributed by atoms with Gasteiger partial charge in [0.1, 0.15) is 0 Å². The summed E-state index contributed by atoms with van der Waals surface area (Å²) in [7, 11) is 0. The molecule has 1 heterocycles. The molecule has 0 spiro atoms. The third-order valence-corrected chi connectivity index (χ3v) is 3.28. The third-order valence-electron chi connectivity index (χ3n) is 3.28. The monoisotopic (exact) mass is 248 g/mol. The van der Waals surface area contributed by atoms with E-state index in [-0.39, 0.29) is 18.6 Å². The van der Waals surface area contributed by atoms with Crippen molar-refractivity contribution in [3.05, 3.63) is 29.8 Å². The van der Waals surface area contributed by atoms with Crippen molar-refractivity contribution in [3.8, 4) is 0 Å². The number of nitrogens with one attached hydrogen (secondary N) is 1. The van der Waals surface area contributed by atoms with Crippen molar-refractivity contribution in [2.24, 2.45) is 0 Å². The zero-order valence-electron chi connectivity index (χ0n) is 10.7. The molecule has 1 amide bonds. The first-order chi connectivity index (χ1) is 8.76. The first kappa shape index (κ1) is 13.1. The predicted molar refractivity (Wildman–Crippen MR) is 71.4 cm³/mol. The molecule has 1 saturated heterocycles. The van der Waals surface area contributed by atoms with Crippen molar-refractivity contribution in [2.45, 2.75) is 32.4 Å². The molecule has 4 heteroatoms. The van der Waals surface area contributed by atoms with Gasteiger partial charge in [-0.05, 0) is 37.1 Å². The highest BCUT2D eigenvalue weighted by atomic mass is 16.3. The number of aliphatic hydroxyl groups excluding tert-OH is 1. The molecule has 2 N–H and O–H groups in total. The Morgan fingerprint density at radius 2 is 2.11 bits per heavy atom. The lowest BCUT2D eigenvalue weighted by Gasteiger charge is -2.17. The van der Waals surface area contributed by atoms with E-state index in [1.54, 1.807) is 0 Å². The summed E-state index contributed by atoms with van der Waals surface area (Å²) in [4.78, 5) is 14.0. The Bertz CT molecular complexity index is 403. The second-order valence-electron chi connectivity index (χ2n) is 4.61. The summed E-state index contributed by atoms with van der Waals surface area (Å²) in [5, 5.41) is 12.3. The summed E-state index contributed by atoms with van der Waals surface area (Å²) in [6, 6.07) is 7.46. The van der Waals surface area contributed by atoms with Gasteiger partial charge in [0, 0.05) is 12.2 Å². The molecular weight excluding hydrogens is 228 g/mol. The molecule has 2 rings (SSSR count). The zero-order chi connectivity index (χ0) is 13.0. The third kappa shape index (κ3) is 2.71. The van der Waals surface area contributed by atoms with E-state index in [1.165, 1.54) is 0 Å². The number of carbonyl (C=O) groups is 1. The highest BCUT2D eigenvalue weighted by Gasteiger charge is 2.31. The molecule has 1 fully saturated rings. The van der Waals surface area contributed by atoms with Crippen LogP contribution < -0.4 is 10.2 Å². The van der Waals surface area contributed by atoms with E-state index in [0.717, 1.165) is 37.2 Å². The van der Waals surface area contributed by atoms with Gasteiger partial charge in [0.05, 0.1) is 12.6 Å². The summed E-state index contributed by atoms with van der Waals surface area (Å²) in [6.07, 6.45) is 1.90. The number of aliphatic hydroxyl groups is 1. The van der Waals surface area contributed by atoms with Crippen LogP contribution in [-0.2, 0) is 11.4 Å². The first-order valence-electron chi connectivity index (χ1n) is 6.50. The van der Waals surface area contributed by atoms with Crippen LogP contribution in [0.2, 0.25) is 0 Å². The minimum atomic E-state index is -0.0394. The van der Waals surface area contributed by atoms with E-state index >= 15 is 0 Å². The smallest absolute Gasteiger partial charge is 0.244 e. The van der Waals surface area contributed by atoms with Gasteiger partial charge < -0.3 is 15.3 Å². The largest absolute Gasteiger partial charge is 0.392 e. The van der Waals surface area contributed by atoms with Crippen molar-refractivity contribution in [1.82, 2.24) is 5.32 Å². The minimum Gasteiger partial charge on any atom is -0.392 e. The van der Waals surface area contributed by atoms with Crippen LogP contribution in [0.25, 0.3) is 0 Å². The molecule has 0 radical (unpaired) electrons. The molecule has 1 unspecified atom stereocenters. The SMILES string of the molecule is CCCNC1CCN(c2ccc(CO)cc2)C1=O. The van der Waals surface area contributed by atoms with Crippen LogP contribution in [0.1, 0.15) is 25.3 Å². The van der Waals surface area contributed by atoms with Gasteiger partial charge in [0.15, 0.2) is 0 Å². The Labute approximate surface area is 108 Å². The lowest BCUT2D eigenvalue weighted by Crippen LogP contribution is -2.38. The number of hydrogen-bond acceptors (Lipinski definition) is 3. The number of rotatable bonds is 5. The van der Waals surface area contributed by atoms with E-state index in [1.807, 2.05) is 29.2 Å². The van der Waals surface area contributed by atoms with E-state index in [9.17, 15) is 4.79 Å². The maximum atomic E-state index is 12.2. The fourth-order valence-corrected chi connectivity index (χ4v) is 2.23. The summed E-state index contributed by atoms with van der Waals surface area (Å²) in [6.45, 7) is 3.78. The van der Waals surface area contributed by atoms with E-state index in [0.29, 0.717) is 0 Å². The molecule has 0 aliphatic carbocycles. The number of nitrogens with zero attached hydrogens (tertiary/aromatic N) is 1. The number of anilines is 1. The van der Waals surface area contributed by atoms with Crippen LogP contribution in [0.5, 0.6) is 0 Å². The number of hydrogen-bond donors (Lipinski definition) is 2. The number of amides is 1. The average Bonchev–Trinajstić information content (AvgIpc) is 2.78. The molecule has 1 aliphatic rings. The number of carbonyl (C=O) groups excluding carboxylic acids is 1. The van der Waals surface area contributed by atoms with E-state index < -0.39 is 0 Å². The Hall–Kier alpha value is -1.39. The molecule has 1 aliphatic heterocycles. The Morgan fingerprint density at radius 1 is 1.39 bits per heavy atom. The maximum Gasteiger partial charge on any atom is 0.244 e. The van der Waals surface area contributed by atoms with Gasteiger partial charge in [-0.15, -0.1) is 0 Å². The lowest BCUT2D eigenvalue weighted by molar-refractivity contribution is -0.118. The van der Waals surface area contributed by atoms with Crippen LogP contribution in [0.15, 0.2) is 24.3 Å². The van der Waals surface area contributed by atoms with Crippen molar-refractivity contribution < 1.29 is 9.90 Å². The van der Waals surface area contributed by atoms with Crippen LogP contribution in [0.4, 0.5) is 5.69 Å². The van der Waals surface area contributed by atoms with Crippen molar-refractivity contribution in [3.63, 3.8) is 0 Å². The van der Waals surface area contributed by atoms with Crippen LogP contribution in [-0.4, -0.2) is 30.1 Å². The molecule has 0 bridgehead atoms. The molecule has 4 nitrogen and oxygen atoms in total. The highest BCUT2D eigenvalue weighted by Crippen LogP contribution is 2.22. The Morgan fingerprint density at radius 3 is 2.72 bits per heavy atom. The van der Waals surface area contributed by atoms with Crippen LogP contribution in [0.3, 0.4) is 0 Å². The van der Waals surface area contributed by atoms with Gasteiger partial charge in [-0.25, -0.2) is 0 Å². The van der Waals surface area contributed by atoms with Crippen LogP contribution >= 0.6 is 0 Å². The minimum absolute atomic E-state index is 0.0366. The van der Waals surface area contributed by atoms with Gasteiger partial charge in [-0.3, -0.25) is 4.79 Å². The molecule has 1 atom stereocenters. The summed E-state index contributed by atoms with van der Waals surface area (Å²) in [5.41, 5.74) is 1.78. The van der Waals surface area contributed by atoms with Crippen molar-refractivity contribution >= 4 is 11.6 Å². The standard InChI is InChI=1S/C14H20N2O2/c1-2-8-15-13-7-9-16(14(13)18)12-5-3-11(10-17)4-6-12/h3-6,13,15,17H,2,7-10H2,1H3. The topological polar surface area (TPSA) is 52.6 Å². The second-order valence-corrected chi connectivity index (χ2v) is 4.61. The molecule has 1 aromatic carbocycles. The molecular formula is C14H20N2O2. The molecule has 0 aromatic heterocycles. The van der Waals surface area contributed by atoms with Crippen molar-refractivity contribution in [2.75, 3.05) is 18.0 Å². The summed E-state index contributed by atoms with van der Waals surface area (Å²) < 4.78 is 0. The normalized spacial score (nSPS) is 19.6. The molecule has 0 saturated carbocycles. The van der Waals surface area contributed by atoms with Crippen molar-refractivity contribution in [1.29, 1.82) is 0 Å². The second kappa shape index (κ2) is 5.98. The Kier molecular flexibility index (Phi) is 4.33. The summed E-state index contributed by atoms with van der Waals surface area (Å²) in [5.74, 6) is 0.153. The quantitative estimate of drug-likeness (QED) is 0.825. The number of benzene rings is 1. The molecule has 1 aromatic rings. The Balaban J connectivity index is 2.03. The van der Waals surface area contributed by atoms with E-state index in [4.69, 9.17) is 5.11 Å². The summed E-state index contributed by atoms with van der Waals surface area (Å²) >= 11 is 0. The fraction of sp³-hybridized carbons (Fsp3) is 0.500. The zero-order valence-corrected chi connectivity index (χ0v) is 10.7. The molecule has 18 heavy (non-hydrogen) atoms. The van der Waals surface area contributed by atoms with Gasteiger partial charge >= 0.3 is 0 Å². The maximum absolute atomic E-state index is 12.2. The fourth-order valence-electron chi connectivity index (χ4n) is 2.23. The van der Waals surface area contributed by atoms with Gasteiger partial charge in [0.25, 0.3) is 0 Å². The van der Waals surface area contributed by atoms with Crippen LogP contribution in [0, 0.1) is 0 Å². The lowest BCUT2D eigenvalue weighted by atomic mass is 10.2.